The monoisotopic (exact) mass is 240 g/mol. The van der Waals surface area contributed by atoms with E-state index in [1.165, 1.54) is 18.5 Å². The van der Waals surface area contributed by atoms with Crippen LogP contribution in [0.2, 0.25) is 5.15 Å². The first kappa shape index (κ1) is 11.0. The van der Waals surface area contributed by atoms with Crippen LogP contribution in [0.4, 0.5) is 8.78 Å². The number of alkyl halides is 2. The fraction of sp³-hybridized carbons (Fsp3) is 0.0909. The minimum absolute atomic E-state index is 0.106. The van der Waals surface area contributed by atoms with Gasteiger partial charge in [0, 0.05) is 29.7 Å². The Bertz CT molecular complexity index is 503. The van der Waals surface area contributed by atoms with Crippen LogP contribution in [0.1, 0.15) is 12.0 Å². The van der Waals surface area contributed by atoms with Crippen LogP contribution >= 0.6 is 11.6 Å². The highest BCUT2D eigenvalue weighted by molar-refractivity contribution is 6.29. The first-order chi connectivity index (χ1) is 7.66. The van der Waals surface area contributed by atoms with E-state index in [0.717, 1.165) is 11.8 Å². The highest BCUT2D eigenvalue weighted by atomic mass is 35.5. The van der Waals surface area contributed by atoms with Crippen molar-refractivity contribution < 1.29 is 8.78 Å². The van der Waals surface area contributed by atoms with Crippen molar-refractivity contribution in [3.63, 3.8) is 0 Å². The minimum atomic E-state index is -2.52. The van der Waals surface area contributed by atoms with E-state index in [4.69, 9.17) is 11.6 Å². The quantitative estimate of drug-likeness (QED) is 0.748. The number of pyridine rings is 2. The molecule has 16 heavy (non-hydrogen) atoms. The summed E-state index contributed by atoms with van der Waals surface area (Å²) in [4.78, 5) is 7.59. The number of halogens is 3. The lowest BCUT2D eigenvalue weighted by molar-refractivity contribution is 0.151. The summed E-state index contributed by atoms with van der Waals surface area (Å²) in [6, 6.07) is 4.69. The fourth-order valence-electron chi connectivity index (χ4n) is 1.32. The zero-order valence-corrected chi connectivity index (χ0v) is 8.83. The SMILES string of the molecule is FC(F)c1cncc(-c2ccnc(Cl)c2)c1. The molecule has 0 saturated carbocycles. The molecular weight excluding hydrogens is 234 g/mol. The Labute approximate surface area is 95.9 Å². The van der Waals surface area contributed by atoms with E-state index < -0.39 is 6.43 Å². The topological polar surface area (TPSA) is 25.8 Å². The second-order valence-electron chi connectivity index (χ2n) is 3.17. The number of hydrogen-bond donors (Lipinski definition) is 0. The lowest BCUT2D eigenvalue weighted by atomic mass is 10.1. The molecule has 0 aliphatic rings. The highest BCUT2D eigenvalue weighted by Gasteiger charge is 2.08. The first-order valence-electron chi connectivity index (χ1n) is 4.52. The van der Waals surface area contributed by atoms with Crippen LogP contribution in [0.5, 0.6) is 0 Å². The summed E-state index contributed by atoms with van der Waals surface area (Å²) in [6.45, 7) is 0. The number of nitrogens with zero attached hydrogens (tertiary/aromatic N) is 2. The first-order valence-corrected chi connectivity index (χ1v) is 4.89. The van der Waals surface area contributed by atoms with Crippen LogP contribution in [0.3, 0.4) is 0 Å². The van der Waals surface area contributed by atoms with Gasteiger partial charge in [-0.05, 0) is 23.8 Å². The molecule has 5 heteroatoms. The largest absolute Gasteiger partial charge is 0.265 e. The molecule has 82 valence electrons. The van der Waals surface area contributed by atoms with E-state index in [-0.39, 0.29) is 5.56 Å². The Hall–Kier alpha value is -1.55. The molecule has 0 radical (unpaired) electrons. The van der Waals surface area contributed by atoms with Crippen molar-refractivity contribution in [2.75, 3.05) is 0 Å². The van der Waals surface area contributed by atoms with Crippen molar-refractivity contribution in [1.29, 1.82) is 0 Å². The van der Waals surface area contributed by atoms with Gasteiger partial charge < -0.3 is 0 Å². The van der Waals surface area contributed by atoms with Gasteiger partial charge in [-0.2, -0.15) is 0 Å². The predicted octanol–water partition coefficient (Wildman–Crippen LogP) is 3.73. The molecule has 2 nitrogen and oxygen atoms in total. The van der Waals surface area contributed by atoms with E-state index in [0.29, 0.717) is 10.7 Å². The summed E-state index contributed by atoms with van der Waals surface area (Å²) < 4.78 is 24.9. The molecule has 0 bridgehead atoms. The van der Waals surface area contributed by atoms with Crippen molar-refractivity contribution in [2.45, 2.75) is 6.43 Å². The van der Waals surface area contributed by atoms with E-state index in [1.54, 1.807) is 12.1 Å². The van der Waals surface area contributed by atoms with Crippen molar-refractivity contribution in [1.82, 2.24) is 9.97 Å². The van der Waals surface area contributed by atoms with Crippen LogP contribution in [-0.2, 0) is 0 Å². The van der Waals surface area contributed by atoms with Gasteiger partial charge in [0.25, 0.3) is 6.43 Å². The summed E-state index contributed by atoms with van der Waals surface area (Å²) in [6.07, 6.45) is 1.66. The van der Waals surface area contributed by atoms with Gasteiger partial charge in [-0.15, -0.1) is 0 Å². The average Bonchev–Trinajstić information content (AvgIpc) is 2.29. The third kappa shape index (κ3) is 2.33. The molecule has 0 amide bonds. The van der Waals surface area contributed by atoms with Gasteiger partial charge in [-0.25, -0.2) is 13.8 Å². The Morgan fingerprint density at radius 2 is 1.94 bits per heavy atom. The van der Waals surface area contributed by atoms with Gasteiger partial charge in [0.1, 0.15) is 5.15 Å². The summed E-state index contributed by atoms with van der Waals surface area (Å²) in [5.41, 5.74) is 1.21. The summed E-state index contributed by atoms with van der Waals surface area (Å²) in [5, 5.41) is 0.319. The van der Waals surface area contributed by atoms with E-state index in [2.05, 4.69) is 9.97 Å². The lowest BCUT2D eigenvalue weighted by Gasteiger charge is -2.04. The lowest BCUT2D eigenvalue weighted by Crippen LogP contribution is -1.88. The molecule has 2 aromatic rings. The van der Waals surface area contributed by atoms with Gasteiger partial charge in [0.2, 0.25) is 0 Å². The minimum Gasteiger partial charge on any atom is -0.264 e. The Morgan fingerprint density at radius 1 is 1.12 bits per heavy atom. The molecule has 0 aromatic carbocycles. The fourth-order valence-corrected chi connectivity index (χ4v) is 1.49. The van der Waals surface area contributed by atoms with E-state index in [1.807, 2.05) is 0 Å². The van der Waals surface area contributed by atoms with Crippen LogP contribution in [0.25, 0.3) is 11.1 Å². The molecule has 2 heterocycles. The van der Waals surface area contributed by atoms with Gasteiger partial charge in [0.05, 0.1) is 0 Å². The maximum Gasteiger partial charge on any atom is 0.265 e. The summed E-state index contributed by atoms with van der Waals surface area (Å²) >= 11 is 5.72. The second kappa shape index (κ2) is 4.53. The molecule has 0 saturated heterocycles. The molecule has 2 aromatic heterocycles. The molecule has 0 fully saturated rings. The normalized spacial score (nSPS) is 10.8. The molecular formula is C11H7ClF2N2. The van der Waals surface area contributed by atoms with Crippen molar-refractivity contribution in [2.24, 2.45) is 0 Å². The third-order valence-corrected chi connectivity index (χ3v) is 2.28. The maximum absolute atomic E-state index is 12.5. The molecule has 0 aliphatic heterocycles. The number of aromatic nitrogens is 2. The average molecular weight is 241 g/mol. The summed E-state index contributed by atoms with van der Waals surface area (Å²) in [7, 11) is 0. The van der Waals surface area contributed by atoms with Crippen LogP contribution in [0.15, 0.2) is 36.8 Å². The Kier molecular flexibility index (Phi) is 3.10. The summed E-state index contributed by atoms with van der Waals surface area (Å²) in [5.74, 6) is 0. The second-order valence-corrected chi connectivity index (χ2v) is 3.56. The Morgan fingerprint density at radius 3 is 2.62 bits per heavy atom. The molecule has 0 aliphatic carbocycles. The van der Waals surface area contributed by atoms with Crippen molar-refractivity contribution in [3.8, 4) is 11.1 Å². The van der Waals surface area contributed by atoms with Crippen LogP contribution in [0, 0.1) is 0 Å². The van der Waals surface area contributed by atoms with Gasteiger partial charge in [-0.3, -0.25) is 4.98 Å². The molecule has 0 spiro atoms. The van der Waals surface area contributed by atoms with Crippen molar-refractivity contribution >= 4 is 11.6 Å². The van der Waals surface area contributed by atoms with E-state index in [9.17, 15) is 8.78 Å². The number of rotatable bonds is 2. The van der Waals surface area contributed by atoms with Gasteiger partial charge in [-0.1, -0.05) is 11.6 Å². The molecule has 2 rings (SSSR count). The molecule has 0 unspecified atom stereocenters. The molecule has 0 atom stereocenters. The predicted molar refractivity (Wildman–Crippen MR) is 57.4 cm³/mol. The zero-order chi connectivity index (χ0) is 11.5. The number of hydrogen-bond acceptors (Lipinski definition) is 2. The smallest absolute Gasteiger partial charge is 0.264 e. The van der Waals surface area contributed by atoms with Gasteiger partial charge >= 0.3 is 0 Å². The highest BCUT2D eigenvalue weighted by Crippen LogP contribution is 2.25. The zero-order valence-electron chi connectivity index (χ0n) is 8.07. The standard InChI is InChI=1S/C11H7ClF2N2/c12-10-4-7(1-2-16-10)8-3-9(11(13)14)6-15-5-8/h1-6,11H. The maximum atomic E-state index is 12.5. The van der Waals surface area contributed by atoms with Crippen LogP contribution in [-0.4, -0.2) is 9.97 Å². The van der Waals surface area contributed by atoms with Gasteiger partial charge in [0.15, 0.2) is 0 Å². The molecule has 0 N–H and O–H groups in total. The van der Waals surface area contributed by atoms with Crippen LogP contribution < -0.4 is 0 Å². The van der Waals surface area contributed by atoms with E-state index >= 15 is 0 Å². The third-order valence-electron chi connectivity index (χ3n) is 2.07. The Balaban J connectivity index is 2.44. The van der Waals surface area contributed by atoms with Crippen molar-refractivity contribution in [3.05, 3.63) is 47.5 Å².